The minimum absolute atomic E-state index is 0.211. The van der Waals surface area contributed by atoms with Crippen molar-refractivity contribution in [2.75, 3.05) is 4.90 Å². The molecule has 0 bridgehead atoms. The summed E-state index contributed by atoms with van der Waals surface area (Å²) in [6.07, 6.45) is 0. The summed E-state index contributed by atoms with van der Waals surface area (Å²) in [4.78, 5) is 0.211. The first-order valence-corrected chi connectivity index (χ1v) is 13.9. The largest absolute Gasteiger partial charge is 0.311 e. The minimum atomic E-state index is -1.42. The average Bonchev–Trinajstić information content (AvgIpc) is 1.09. The van der Waals surface area contributed by atoms with E-state index in [0.717, 1.165) is 0 Å². The molecule has 0 radical (unpaired) electrons. The van der Waals surface area contributed by atoms with Crippen molar-refractivity contribution < 1.29 is 48.0 Å². The third kappa shape index (κ3) is 6.43. The highest BCUT2D eigenvalue weighted by Crippen LogP contribution is 2.39. The van der Waals surface area contributed by atoms with E-state index < -0.39 is 284 Å². The molecule has 0 N–H and O–H groups in total. The summed E-state index contributed by atoms with van der Waals surface area (Å²) in [5.74, 6) is 0. The van der Waals surface area contributed by atoms with E-state index in [9.17, 15) is 20.6 Å². The van der Waals surface area contributed by atoms with Crippen LogP contribution in [0.4, 0.5) is 17.1 Å². The Morgan fingerprint density at radius 1 is 0.245 bits per heavy atom. The van der Waals surface area contributed by atoms with Crippen molar-refractivity contribution in [3.8, 4) is 55.6 Å². The Bertz CT molecular complexity index is 3980. The highest BCUT2D eigenvalue weighted by atomic mass is 15.1. The second-order valence-corrected chi connectivity index (χ2v) is 9.51. The minimum Gasteiger partial charge on any atom is -0.311 e. The maximum Gasteiger partial charge on any atom is 0.0645 e. The van der Waals surface area contributed by atoms with Crippen molar-refractivity contribution in [2.45, 2.75) is 0 Å². The molecule has 232 valence electrons. The Balaban J connectivity index is 1.57. The van der Waals surface area contributed by atoms with Crippen molar-refractivity contribution >= 4 is 17.1 Å². The third-order valence-corrected chi connectivity index (χ3v) is 6.57. The fraction of sp³-hybridized carbons (Fsp3) is 0. The van der Waals surface area contributed by atoms with Gasteiger partial charge in [0.05, 0.1) is 48.0 Å². The monoisotopic (exact) mass is 660 g/mol. The molecule has 8 aromatic carbocycles. The smallest absolute Gasteiger partial charge is 0.0645 e. The average molecular weight is 661 g/mol. The molecule has 8 aromatic rings. The molecular formula is C48H35N. The molecule has 1 nitrogen and oxygen atoms in total. The number of hydrogen-bond donors (Lipinski definition) is 0. The van der Waals surface area contributed by atoms with Crippen molar-refractivity contribution in [3.05, 3.63) is 211 Å². The predicted octanol–water partition coefficient (Wildman–Crippen LogP) is 13.5. The van der Waals surface area contributed by atoms with Crippen LogP contribution in [0.3, 0.4) is 0 Å². The quantitative estimate of drug-likeness (QED) is 0.157. The summed E-state index contributed by atoms with van der Waals surface area (Å²) >= 11 is 0. The van der Waals surface area contributed by atoms with Gasteiger partial charge in [-0.2, -0.15) is 0 Å². The number of benzene rings is 8. The van der Waals surface area contributed by atoms with E-state index in [0.29, 0.717) is 0 Å². The highest BCUT2D eigenvalue weighted by molar-refractivity contribution is 5.88. The summed E-state index contributed by atoms with van der Waals surface area (Å²) in [6, 6.07) is -39.9. The number of nitrogens with zero attached hydrogens (tertiary/aromatic N) is 1. The molecule has 0 aliphatic heterocycles. The molecule has 0 saturated heterocycles. The lowest BCUT2D eigenvalue weighted by molar-refractivity contribution is 1.28. The van der Waals surface area contributed by atoms with Gasteiger partial charge >= 0.3 is 0 Å². The van der Waals surface area contributed by atoms with Crippen LogP contribution in [0.15, 0.2) is 211 Å². The van der Waals surface area contributed by atoms with Crippen LogP contribution in [0.25, 0.3) is 55.6 Å². The first-order valence-electron chi connectivity index (χ1n) is 31.4. The van der Waals surface area contributed by atoms with E-state index in [1.165, 1.54) is 0 Å². The van der Waals surface area contributed by atoms with Gasteiger partial charge < -0.3 is 4.90 Å². The molecule has 0 atom stereocenters. The predicted molar refractivity (Wildman–Crippen MR) is 208 cm³/mol. The topological polar surface area (TPSA) is 3.24 Å². The summed E-state index contributed by atoms with van der Waals surface area (Å²) in [5, 5.41) is 0. The SMILES string of the molecule is [2H]c1c([2H])c([2H])c(-c2c([2H])c([2H])c(N(c3c([2H])c([2H])c(-c4c([2H])c([2H])c([2H])c([2H])c4[2H])c([2H])c3[2H])c3c([2H])c([2H])c(-c4c([2H])c([2H])c(-c5c([2H])c([2H])c([2H])c([2H])c5[2H])c(-c5c([2H])c([2H])c([2H])c([2H])c5[2H])c4[2H])c([2H])c3[2H])c([2H])c2[2H])c([2H])c1[2H]. The number of hydrogen-bond acceptors (Lipinski definition) is 1. The van der Waals surface area contributed by atoms with E-state index in [4.69, 9.17) is 27.4 Å². The Morgan fingerprint density at radius 3 is 0.918 bits per heavy atom. The van der Waals surface area contributed by atoms with Gasteiger partial charge in [0, 0.05) is 17.1 Å². The standard InChI is InChI=1S/C48H35N/c1-5-13-36(14-6-1)38-21-28-44(29-22-38)49(45-30-23-39(24-31-45)37-15-7-2-8-16-37)46-32-25-40(26-33-46)43-27-34-47(41-17-9-3-10-18-41)48(35-43)42-19-11-4-12-20-42/h1-35H/i1D,2D,3D,4D,5D,6D,7D,8D,9D,10D,11D,12D,13D,14D,15D,16D,17D,18D,19D,20D,21D,22D,23D,24D,25D,26D,27D,28D,29D,30D,31D,32D,33D,34D,35D. The Labute approximate surface area is 338 Å². The van der Waals surface area contributed by atoms with Crippen LogP contribution in [0.1, 0.15) is 48.0 Å². The van der Waals surface area contributed by atoms with E-state index in [1.807, 2.05) is 0 Å². The molecule has 0 spiro atoms. The molecule has 0 aliphatic carbocycles. The van der Waals surface area contributed by atoms with Crippen LogP contribution in [0, 0.1) is 0 Å². The zero-order valence-electron chi connectivity index (χ0n) is 59.4. The maximum absolute atomic E-state index is 9.70. The van der Waals surface area contributed by atoms with E-state index in [-0.39, 0.29) is 4.90 Å². The zero-order valence-corrected chi connectivity index (χ0v) is 24.4. The van der Waals surface area contributed by atoms with E-state index in [2.05, 4.69) is 0 Å². The molecule has 0 heterocycles. The Morgan fingerprint density at radius 2 is 0.531 bits per heavy atom. The third-order valence-electron chi connectivity index (χ3n) is 6.57. The molecule has 0 amide bonds. The molecule has 0 aliphatic rings. The van der Waals surface area contributed by atoms with Gasteiger partial charge in [-0.25, -0.2) is 0 Å². The fourth-order valence-corrected chi connectivity index (χ4v) is 4.37. The molecule has 0 aromatic heterocycles. The van der Waals surface area contributed by atoms with Gasteiger partial charge in [-0.15, -0.1) is 0 Å². The second-order valence-electron chi connectivity index (χ2n) is 9.51. The first-order chi connectivity index (χ1) is 38.9. The van der Waals surface area contributed by atoms with Gasteiger partial charge in [0.15, 0.2) is 0 Å². The lowest BCUT2D eigenvalue weighted by Gasteiger charge is -2.26. The van der Waals surface area contributed by atoms with Gasteiger partial charge in [-0.3, -0.25) is 0 Å². The molecular weight excluding hydrogens is 591 g/mol. The van der Waals surface area contributed by atoms with E-state index in [1.54, 1.807) is 0 Å². The maximum atomic E-state index is 9.70. The summed E-state index contributed by atoms with van der Waals surface area (Å²) in [6.45, 7) is 0. The summed E-state index contributed by atoms with van der Waals surface area (Å²) in [5.41, 5.74) is -13.5. The normalized spacial score (nSPS) is 20.9. The molecule has 49 heavy (non-hydrogen) atoms. The van der Waals surface area contributed by atoms with Gasteiger partial charge in [0.2, 0.25) is 0 Å². The number of anilines is 3. The van der Waals surface area contributed by atoms with Gasteiger partial charge in [0.1, 0.15) is 0 Å². The van der Waals surface area contributed by atoms with Gasteiger partial charge in [0.25, 0.3) is 0 Å². The van der Waals surface area contributed by atoms with E-state index >= 15 is 0 Å². The van der Waals surface area contributed by atoms with Gasteiger partial charge in [-0.1, -0.05) is 169 Å². The first kappa shape index (κ1) is 10.3. The summed E-state index contributed by atoms with van der Waals surface area (Å²) < 4.78 is 310. The second kappa shape index (κ2) is 13.7. The van der Waals surface area contributed by atoms with Crippen molar-refractivity contribution in [3.63, 3.8) is 0 Å². The highest BCUT2D eigenvalue weighted by Gasteiger charge is 2.15. The Hall–Kier alpha value is -6.44. The molecule has 0 unspecified atom stereocenters. The van der Waals surface area contributed by atoms with Crippen molar-refractivity contribution in [1.82, 2.24) is 0 Å². The van der Waals surface area contributed by atoms with Crippen LogP contribution in [0.2, 0.25) is 0 Å². The fourth-order valence-electron chi connectivity index (χ4n) is 4.37. The van der Waals surface area contributed by atoms with Crippen molar-refractivity contribution in [1.29, 1.82) is 0 Å². The zero-order chi connectivity index (χ0) is 63.3. The van der Waals surface area contributed by atoms with Crippen LogP contribution in [0.5, 0.6) is 0 Å². The van der Waals surface area contributed by atoms with Gasteiger partial charge in [-0.05, 0) is 97.9 Å². The van der Waals surface area contributed by atoms with Crippen LogP contribution >= 0.6 is 0 Å². The van der Waals surface area contributed by atoms with Crippen LogP contribution in [-0.2, 0) is 0 Å². The van der Waals surface area contributed by atoms with Crippen LogP contribution in [-0.4, -0.2) is 0 Å². The lowest BCUT2D eigenvalue weighted by atomic mass is 9.91. The van der Waals surface area contributed by atoms with Crippen LogP contribution < -0.4 is 4.90 Å². The number of rotatable bonds is 8. The lowest BCUT2D eigenvalue weighted by Crippen LogP contribution is -2.09. The molecule has 0 saturated carbocycles. The molecule has 1 heteroatoms. The Kier molecular flexibility index (Phi) is 2.88. The molecule has 8 rings (SSSR count). The summed E-state index contributed by atoms with van der Waals surface area (Å²) in [7, 11) is 0. The van der Waals surface area contributed by atoms with Crippen molar-refractivity contribution in [2.24, 2.45) is 0 Å². The molecule has 0 fully saturated rings.